The van der Waals surface area contributed by atoms with Crippen molar-refractivity contribution >= 4 is 24.0 Å². The van der Waals surface area contributed by atoms with E-state index in [0.717, 1.165) is 12.0 Å². The molecule has 0 aliphatic carbocycles. The number of amides is 2. The van der Waals surface area contributed by atoms with Crippen LogP contribution in [0.4, 0.5) is 0 Å². The van der Waals surface area contributed by atoms with Crippen molar-refractivity contribution in [2.45, 2.75) is 39.9 Å². The zero-order chi connectivity index (χ0) is 22.2. The highest BCUT2D eigenvalue weighted by Gasteiger charge is 2.14. The van der Waals surface area contributed by atoms with Crippen LogP contribution in [-0.2, 0) is 30.8 Å². The molecule has 0 spiro atoms. The smallest absolute Gasteiger partial charge is 0.251 e. The zero-order valence-electron chi connectivity index (χ0n) is 17.8. The summed E-state index contributed by atoms with van der Waals surface area (Å²) in [6.45, 7) is 5.27. The lowest BCUT2D eigenvalue weighted by molar-refractivity contribution is -0.121. The second kappa shape index (κ2) is 10.7. The van der Waals surface area contributed by atoms with E-state index in [9.17, 15) is 9.59 Å². The van der Waals surface area contributed by atoms with Gasteiger partial charge in [0.1, 0.15) is 6.54 Å². The van der Waals surface area contributed by atoms with Gasteiger partial charge in [-0.1, -0.05) is 48.5 Å². The molecule has 2 amide bonds. The minimum atomic E-state index is -0.167. The van der Waals surface area contributed by atoms with E-state index >= 15 is 0 Å². The van der Waals surface area contributed by atoms with Crippen molar-refractivity contribution in [2.75, 3.05) is 6.54 Å². The van der Waals surface area contributed by atoms with E-state index in [1.807, 2.05) is 66.9 Å². The Morgan fingerprint density at radius 3 is 2.45 bits per heavy atom. The van der Waals surface area contributed by atoms with Crippen LogP contribution in [0.5, 0.6) is 0 Å². The molecule has 2 aromatic carbocycles. The minimum absolute atomic E-state index is 0.0410. The van der Waals surface area contributed by atoms with Gasteiger partial charge in [0, 0.05) is 18.7 Å². The summed E-state index contributed by atoms with van der Waals surface area (Å²) < 4.78 is 3.79. The van der Waals surface area contributed by atoms with Crippen molar-refractivity contribution in [2.24, 2.45) is 0 Å². The first-order valence-corrected chi connectivity index (χ1v) is 10.7. The average molecular weight is 438 g/mol. The molecule has 0 aliphatic rings. The van der Waals surface area contributed by atoms with Crippen LogP contribution in [-0.4, -0.2) is 32.7 Å². The Hall–Kier alpha value is -3.26. The Kier molecular flexibility index (Phi) is 7.72. The molecule has 0 fully saturated rings. The number of nitrogens with one attached hydrogen (secondary N) is 2. The van der Waals surface area contributed by atoms with Gasteiger partial charge in [-0.3, -0.25) is 9.59 Å². The molecule has 1 aromatic heterocycles. The summed E-state index contributed by atoms with van der Waals surface area (Å²) in [6.07, 6.45) is 0.761. The van der Waals surface area contributed by atoms with Gasteiger partial charge in [-0.15, -0.1) is 0 Å². The Bertz CT molecular complexity index is 1100. The molecule has 3 aromatic rings. The Balaban J connectivity index is 1.59. The lowest BCUT2D eigenvalue weighted by Gasteiger charge is -2.07. The number of rotatable bonds is 9. The fraction of sp³-hybridized carbons (Fsp3) is 0.304. The van der Waals surface area contributed by atoms with Gasteiger partial charge in [-0.2, -0.15) is 5.10 Å². The van der Waals surface area contributed by atoms with Crippen molar-refractivity contribution in [1.29, 1.82) is 0 Å². The second-order valence-electron chi connectivity index (χ2n) is 7.18. The van der Waals surface area contributed by atoms with Gasteiger partial charge in [0.25, 0.3) is 5.91 Å². The van der Waals surface area contributed by atoms with E-state index in [1.54, 1.807) is 6.07 Å². The first-order chi connectivity index (χ1) is 15.0. The average Bonchev–Trinajstić information content (AvgIpc) is 3.07. The number of aromatic nitrogens is 3. The first kappa shape index (κ1) is 22.4. The lowest BCUT2D eigenvalue weighted by Crippen LogP contribution is -2.30. The largest absolute Gasteiger partial charge is 0.354 e. The van der Waals surface area contributed by atoms with Crippen LogP contribution in [0.15, 0.2) is 54.6 Å². The first-order valence-electron chi connectivity index (χ1n) is 10.3. The van der Waals surface area contributed by atoms with Crippen LogP contribution < -0.4 is 10.6 Å². The van der Waals surface area contributed by atoms with Crippen LogP contribution in [0.2, 0.25) is 0 Å². The molecule has 2 N–H and O–H groups in total. The Morgan fingerprint density at radius 2 is 1.74 bits per heavy atom. The fourth-order valence-corrected chi connectivity index (χ4v) is 3.64. The van der Waals surface area contributed by atoms with Gasteiger partial charge >= 0.3 is 0 Å². The number of nitrogens with zero attached hydrogens (tertiary/aromatic N) is 3. The van der Waals surface area contributed by atoms with E-state index in [-0.39, 0.29) is 24.9 Å². The molecule has 0 bridgehead atoms. The van der Waals surface area contributed by atoms with E-state index in [4.69, 9.17) is 12.2 Å². The van der Waals surface area contributed by atoms with E-state index in [2.05, 4.69) is 15.7 Å². The van der Waals surface area contributed by atoms with Gasteiger partial charge in [0.15, 0.2) is 10.6 Å². The summed E-state index contributed by atoms with van der Waals surface area (Å²) in [4.78, 5) is 24.9. The maximum absolute atomic E-state index is 12.5. The van der Waals surface area contributed by atoms with E-state index < -0.39 is 0 Å². The maximum Gasteiger partial charge on any atom is 0.251 e. The predicted molar refractivity (Wildman–Crippen MR) is 122 cm³/mol. The number of aryl methyl sites for hydroxylation is 1. The van der Waals surface area contributed by atoms with Gasteiger partial charge in [0.2, 0.25) is 5.91 Å². The normalized spacial score (nSPS) is 10.6. The number of hydrogen-bond donors (Lipinski definition) is 2. The third-order valence-corrected chi connectivity index (χ3v) is 5.42. The summed E-state index contributed by atoms with van der Waals surface area (Å²) in [5, 5.41) is 10.3. The molecule has 0 unspecified atom stereocenters. The molecule has 0 saturated heterocycles. The van der Waals surface area contributed by atoms with Gasteiger partial charge in [-0.05, 0) is 49.7 Å². The summed E-state index contributed by atoms with van der Waals surface area (Å²) in [6, 6.07) is 17.4. The molecule has 162 valence electrons. The molecule has 1 heterocycles. The van der Waals surface area contributed by atoms with Crippen LogP contribution >= 0.6 is 12.2 Å². The van der Waals surface area contributed by atoms with Crippen LogP contribution in [0, 0.1) is 11.7 Å². The van der Waals surface area contributed by atoms with Crippen LogP contribution in [0.3, 0.4) is 0 Å². The molecule has 31 heavy (non-hydrogen) atoms. The Labute approximate surface area is 187 Å². The minimum Gasteiger partial charge on any atom is -0.354 e. The van der Waals surface area contributed by atoms with E-state index in [0.29, 0.717) is 29.2 Å². The van der Waals surface area contributed by atoms with Crippen molar-refractivity contribution in [3.8, 4) is 0 Å². The highest BCUT2D eigenvalue weighted by molar-refractivity contribution is 7.71. The number of carbonyl (C=O) groups excluding carboxylic acids is 2. The third-order valence-electron chi connectivity index (χ3n) is 4.98. The molecule has 8 heteroatoms. The molecule has 0 atom stereocenters. The fourth-order valence-electron chi connectivity index (χ4n) is 3.30. The van der Waals surface area contributed by atoms with Crippen molar-refractivity contribution < 1.29 is 9.59 Å². The maximum atomic E-state index is 12.5. The zero-order valence-corrected chi connectivity index (χ0v) is 18.6. The molecular weight excluding hydrogens is 410 g/mol. The molecule has 7 nitrogen and oxygen atoms in total. The number of hydrogen-bond acceptors (Lipinski definition) is 4. The topological polar surface area (TPSA) is 81.0 Å². The number of carbonyl (C=O) groups is 2. The van der Waals surface area contributed by atoms with Crippen molar-refractivity contribution in [3.63, 3.8) is 0 Å². The molecule has 3 rings (SSSR count). The van der Waals surface area contributed by atoms with Crippen LogP contribution in [0.25, 0.3) is 0 Å². The predicted octanol–water partition coefficient (Wildman–Crippen LogP) is 3.03. The van der Waals surface area contributed by atoms with Gasteiger partial charge < -0.3 is 15.2 Å². The molecule has 0 aliphatic heterocycles. The highest BCUT2D eigenvalue weighted by Crippen LogP contribution is 2.08. The Morgan fingerprint density at radius 1 is 1.03 bits per heavy atom. The van der Waals surface area contributed by atoms with E-state index in [1.165, 1.54) is 10.2 Å². The van der Waals surface area contributed by atoms with Gasteiger partial charge in [0.05, 0.1) is 6.54 Å². The summed E-state index contributed by atoms with van der Waals surface area (Å²) in [7, 11) is 0. The second-order valence-corrected chi connectivity index (χ2v) is 7.55. The standard InChI is InChI=1S/C23H27N5O2S/c1-3-27-20(15-25-22(30)19-12-8-7-9-17(19)2)26-28(23(27)31)16-21(29)24-14-13-18-10-5-4-6-11-18/h4-12H,3,13-16H2,1-2H3,(H,24,29)(H,25,30). The summed E-state index contributed by atoms with van der Waals surface area (Å²) in [5.41, 5.74) is 2.70. The number of benzene rings is 2. The van der Waals surface area contributed by atoms with Crippen LogP contribution in [0.1, 0.15) is 34.2 Å². The molecule has 0 saturated carbocycles. The quantitative estimate of drug-likeness (QED) is 0.504. The van der Waals surface area contributed by atoms with Crippen molar-refractivity contribution in [1.82, 2.24) is 25.0 Å². The lowest BCUT2D eigenvalue weighted by atomic mass is 10.1. The summed E-state index contributed by atoms with van der Waals surface area (Å²) >= 11 is 5.48. The van der Waals surface area contributed by atoms with Gasteiger partial charge in [-0.25, -0.2) is 4.68 Å². The molecule has 0 radical (unpaired) electrons. The SMILES string of the molecule is CCn1c(CNC(=O)c2ccccc2C)nn(CC(=O)NCCc2ccccc2)c1=S. The third kappa shape index (κ3) is 5.88. The summed E-state index contributed by atoms with van der Waals surface area (Å²) in [5.74, 6) is 0.301. The highest BCUT2D eigenvalue weighted by atomic mass is 32.1. The van der Waals surface area contributed by atoms with Crippen molar-refractivity contribution in [3.05, 3.63) is 81.9 Å². The monoisotopic (exact) mass is 437 g/mol. The molecular formula is C23H27N5O2S.